The van der Waals surface area contributed by atoms with E-state index in [2.05, 4.69) is 10.2 Å². The maximum absolute atomic E-state index is 13.0. The fraction of sp³-hybridized carbons (Fsp3) is 0.500. The van der Waals surface area contributed by atoms with Gasteiger partial charge in [-0.15, -0.1) is 0 Å². The quantitative estimate of drug-likeness (QED) is 0.941. The van der Waals surface area contributed by atoms with Gasteiger partial charge in [0.1, 0.15) is 5.58 Å². The van der Waals surface area contributed by atoms with Crippen LogP contribution in [0.3, 0.4) is 0 Å². The summed E-state index contributed by atoms with van der Waals surface area (Å²) in [6.45, 7) is 2.24. The summed E-state index contributed by atoms with van der Waals surface area (Å²) >= 11 is 0. The van der Waals surface area contributed by atoms with Crippen LogP contribution >= 0.6 is 0 Å². The van der Waals surface area contributed by atoms with E-state index in [4.69, 9.17) is 4.42 Å². The third kappa shape index (κ3) is 3.26. The largest absolute Gasteiger partial charge is 0.451 e. The van der Waals surface area contributed by atoms with Gasteiger partial charge >= 0.3 is 0 Å². The molecular weight excluding hydrogens is 290 g/mol. The highest BCUT2D eigenvalue weighted by Crippen LogP contribution is 2.28. The molecule has 1 atom stereocenters. The van der Waals surface area contributed by atoms with Crippen molar-refractivity contribution in [1.82, 2.24) is 15.1 Å². The predicted molar refractivity (Wildman–Crippen MR) is 91.6 cm³/mol. The Morgan fingerprint density at radius 3 is 2.91 bits per heavy atom. The summed E-state index contributed by atoms with van der Waals surface area (Å²) in [6.07, 6.45) is 2.14. The average Bonchev–Trinajstić information content (AvgIpc) is 2.92. The van der Waals surface area contributed by atoms with E-state index in [-0.39, 0.29) is 5.91 Å². The van der Waals surface area contributed by atoms with Gasteiger partial charge in [-0.3, -0.25) is 4.79 Å². The zero-order valence-electron chi connectivity index (χ0n) is 14.1. The number of likely N-dealkylation sites (N-methyl/N-ethyl adjacent to an activating group) is 1. The van der Waals surface area contributed by atoms with E-state index in [0.717, 1.165) is 42.5 Å². The van der Waals surface area contributed by atoms with Crippen molar-refractivity contribution < 1.29 is 9.21 Å². The molecule has 2 heterocycles. The molecule has 1 saturated heterocycles. The van der Waals surface area contributed by atoms with Crippen molar-refractivity contribution in [2.24, 2.45) is 0 Å². The highest BCUT2D eigenvalue weighted by Gasteiger charge is 2.28. The van der Waals surface area contributed by atoms with E-state index in [0.29, 0.717) is 18.3 Å². The lowest BCUT2D eigenvalue weighted by molar-refractivity contribution is 0.0666. The van der Waals surface area contributed by atoms with Crippen molar-refractivity contribution in [2.75, 3.05) is 34.2 Å². The Kier molecular flexibility index (Phi) is 4.68. The smallest absolute Gasteiger partial charge is 0.290 e. The molecule has 1 aromatic carbocycles. The number of hydrogen-bond acceptors (Lipinski definition) is 4. The Labute approximate surface area is 137 Å². The number of furan rings is 1. The van der Waals surface area contributed by atoms with Gasteiger partial charge in [0, 0.05) is 36.6 Å². The van der Waals surface area contributed by atoms with Crippen LogP contribution in [0, 0.1) is 0 Å². The van der Waals surface area contributed by atoms with Gasteiger partial charge in [0.05, 0.1) is 0 Å². The van der Waals surface area contributed by atoms with Crippen molar-refractivity contribution in [1.29, 1.82) is 0 Å². The lowest BCUT2D eigenvalue weighted by Crippen LogP contribution is -2.47. The van der Waals surface area contributed by atoms with Crippen LogP contribution in [-0.2, 0) is 6.54 Å². The van der Waals surface area contributed by atoms with E-state index >= 15 is 0 Å². The first kappa shape index (κ1) is 16.0. The number of nitrogens with one attached hydrogen (secondary N) is 1. The summed E-state index contributed by atoms with van der Waals surface area (Å²) in [7, 11) is 5.97. The van der Waals surface area contributed by atoms with Gasteiger partial charge in [0.15, 0.2) is 5.76 Å². The zero-order chi connectivity index (χ0) is 16.4. The van der Waals surface area contributed by atoms with Crippen molar-refractivity contribution in [3.63, 3.8) is 0 Å². The Balaban J connectivity index is 1.96. The second-order valence-corrected chi connectivity index (χ2v) is 6.52. The van der Waals surface area contributed by atoms with Crippen LogP contribution in [0.1, 0.15) is 29.0 Å². The zero-order valence-corrected chi connectivity index (χ0v) is 14.1. The maximum atomic E-state index is 13.0. The molecule has 0 aliphatic carbocycles. The molecule has 1 fully saturated rings. The molecule has 1 aromatic heterocycles. The molecule has 0 spiro atoms. The van der Waals surface area contributed by atoms with Gasteiger partial charge in [-0.05, 0) is 40.1 Å². The number of likely N-dealkylation sites (tertiary alicyclic amines) is 1. The summed E-state index contributed by atoms with van der Waals surface area (Å²) in [5.41, 5.74) is 1.78. The minimum absolute atomic E-state index is 0.0120. The lowest BCUT2D eigenvalue weighted by atomic mass is 10.0. The third-order valence-corrected chi connectivity index (χ3v) is 4.48. The molecule has 5 heteroatoms. The average molecular weight is 315 g/mol. The summed E-state index contributed by atoms with van der Waals surface area (Å²) in [5, 5.41) is 4.31. The van der Waals surface area contributed by atoms with Gasteiger partial charge in [-0.1, -0.05) is 18.2 Å². The van der Waals surface area contributed by atoms with Gasteiger partial charge in [0.25, 0.3) is 5.91 Å². The minimum atomic E-state index is 0.0120. The number of piperidine rings is 1. The molecule has 1 aliphatic rings. The maximum Gasteiger partial charge on any atom is 0.290 e. The van der Waals surface area contributed by atoms with Crippen LogP contribution < -0.4 is 5.32 Å². The summed E-state index contributed by atoms with van der Waals surface area (Å²) < 4.78 is 5.95. The van der Waals surface area contributed by atoms with Crippen LogP contribution in [-0.4, -0.2) is 56.0 Å². The molecule has 124 valence electrons. The standard InChI is InChI=1S/C18H25N3O2/c1-19-13-7-6-10-21(11-13)18(22)17-15(12-20(2)3)14-8-4-5-9-16(14)23-17/h4-5,8-9,13,19H,6-7,10-12H2,1-3H3. The van der Waals surface area contributed by atoms with Crippen LogP contribution in [0.4, 0.5) is 0 Å². The van der Waals surface area contributed by atoms with E-state index < -0.39 is 0 Å². The number of hydrogen-bond donors (Lipinski definition) is 1. The molecule has 1 unspecified atom stereocenters. The van der Waals surface area contributed by atoms with Gasteiger partial charge in [0.2, 0.25) is 0 Å². The number of para-hydroxylation sites is 1. The molecule has 1 aliphatic heterocycles. The summed E-state index contributed by atoms with van der Waals surface area (Å²) in [6, 6.07) is 8.26. The molecular formula is C18H25N3O2. The van der Waals surface area contributed by atoms with Gasteiger partial charge in [-0.25, -0.2) is 0 Å². The molecule has 2 aromatic rings. The van der Waals surface area contributed by atoms with E-state index in [1.165, 1.54) is 0 Å². The van der Waals surface area contributed by atoms with Crippen molar-refractivity contribution in [3.05, 3.63) is 35.6 Å². The monoisotopic (exact) mass is 315 g/mol. The predicted octanol–water partition coefficient (Wildman–Crippen LogP) is 2.32. The first-order valence-electron chi connectivity index (χ1n) is 8.22. The number of fused-ring (bicyclic) bond motifs is 1. The molecule has 0 saturated carbocycles. The number of carbonyl (C=O) groups excluding carboxylic acids is 1. The summed E-state index contributed by atoms with van der Waals surface area (Å²) in [4.78, 5) is 17.0. The van der Waals surface area contributed by atoms with Crippen molar-refractivity contribution in [3.8, 4) is 0 Å². The highest BCUT2D eigenvalue weighted by molar-refractivity contribution is 5.99. The van der Waals surface area contributed by atoms with Crippen LogP contribution in [0.5, 0.6) is 0 Å². The number of carbonyl (C=O) groups is 1. The number of rotatable bonds is 4. The Bertz CT molecular complexity index is 693. The molecule has 23 heavy (non-hydrogen) atoms. The third-order valence-electron chi connectivity index (χ3n) is 4.48. The normalized spacial score (nSPS) is 18.8. The van der Waals surface area contributed by atoms with Crippen LogP contribution in [0.25, 0.3) is 11.0 Å². The molecule has 5 nitrogen and oxygen atoms in total. The SMILES string of the molecule is CNC1CCCN(C(=O)c2oc3ccccc3c2CN(C)C)C1. The number of benzene rings is 1. The fourth-order valence-electron chi connectivity index (χ4n) is 3.29. The van der Waals surface area contributed by atoms with E-state index in [1.807, 2.05) is 50.3 Å². The molecule has 1 amide bonds. The van der Waals surface area contributed by atoms with Gasteiger partial charge < -0.3 is 19.5 Å². The fourth-order valence-corrected chi connectivity index (χ4v) is 3.29. The first-order chi connectivity index (χ1) is 11.1. The first-order valence-corrected chi connectivity index (χ1v) is 8.22. The molecule has 0 bridgehead atoms. The Hall–Kier alpha value is -1.85. The second kappa shape index (κ2) is 6.72. The number of amides is 1. The molecule has 0 radical (unpaired) electrons. The van der Waals surface area contributed by atoms with Crippen LogP contribution in [0.15, 0.2) is 28.7 Å². The second-order valence-electron chi connectivity index (χ2n) is 6.52. The Morgan fingerprint density at radius 2 is 2.17 bits per heavy atom. The molecule has 1 N–H and O–H groups in total. The summed E-state index contributed by atoms with van der Waals surface area (Å²) in [5.74, 6) is 0.509. The van der Waals surface area contributed by atoms with Crippen molar-refractivity contribution >= 4 is 16.9 Å². The van der Waals surface area contributed by atoms with E-state index in [9.17, 15) is 4.79 Å². The highest BCUT2D eigenvalue weighted by atomic mass is 16.3. The van der Waals surface area contributed by atoms with E-state index in [1.54, 1.807) is 0 Å². The van der Waals surface area contributed by atoms with Crippen LogP contribution in [0.2, 0.25) is 0 Å². The number of nitrogens with zero attached hydrogens (tertiary/aromatic N) is 2. The Morgan fingerprint density at radius 1 is 1.39 bits per heavy atom. The van der Waals surface area contributed by atoms with Crippen molar-refractivity contribution in [2.45, 2.75) is 25.4 Å². The minimum Gasteiger partial charge on any atom is -0.451 e. The lowest BCUT2D eigenvalue weighted by Gasteiger charge is -2.32. The van der Waals surface area contributed by atoms with Gasteiger partial charge in [-0.2, -0.15) is 0 Å². The topological polar surface area (TPSA) is 48.7 Å². The molecule has 3 rings (SSSR count).